The maximum atomic E-state index is 11.9. The van der Waals surface area contributed by atoms with Gasteiger partial charge in [-0.05, 0) is 30.0 Å². The summed E-state index contributed by atoms with van der Waals surface area (Å²) in [5.74, 6) is 0. The highest BCUT2D eigenvalue weighted by atomic mass is 31.2. The molecular formula is C15H18NO3P. The molecule has 0 saturated carbocycles. The fourth-order valence-corrected chi connectivity index (χ4v) is 3.07. The molecule has 0 spiro atoms. The lowest BCUT2D eigenvalue weighted by Crippen LogP contribution is -1.98. The minimum Gasteiger partial charge on any atom is -0.324 e. The summed E-state index contributed by atoms with van der Waals surface area (Å²) in [6.07, 6.45) is 5.06. The summed E-state index contributed by atoms with van der Waals surface area (Å²) in [6.45, 7) is 0.273. The van der Waals surface area contributed by atoms with Crippen LogP contribution in [0, 0.1) is 0 Å². The Kier molecular flexibility index (Phi) is 5.48. The number of aromatic nitrogens is 1. The van der Waals surface area contributed by atoms with Crippen molar-refractivity contribution in [1.29, 1.82) is 0 Å². The average molecular weight is 291 g/mol. The van der Waals surface area contributed by atoms with E-state index in [9.17, 15) is 9.46 Å². The summed E-state index contributed by atoms with van der Waals surface area (Å²) >= 11 is 0. The molecule has 1 heterocycles. The van der Waals surface area contributed by atoms with E-state index < -0.39 is 7.60 Å². The Morgan fingerprint density at radius 2 is 1.85 bits per heavy atom. The van der Waals surface area contributed by atoms with Crippen molar-refractivity contribution in [3.8, 4) is 0 Å². The molecule has 1 aromatic carbocycles. The molecule has 1 unspecified atom stereocenters. The molecule has 0 bridgehead atoms. The van der Waals surface area contributed by atoms with E-state index in [2.05, 4.69) is 4.98 Å². The van der Waals surface area contributed by atoms with Gasteiger partial charge in [-0.3, -0.25) is 9.55 Å². The minimum atomic E-state index is -3.55. The normalized spacial score (nSPS) is 13.8. The standard InChI is InChI=1S/C15H18NO3P/c17-20(18,13-15-6-2-1-3-7-15)19-11-5-9-14-8-4-10-16-12-14/h1-4,6-8,10,12H,5,9,11,13H2,(H,17,18). The van der Waals surface area contributed by atoms with Crippen LogP contribution in [-0.4, -0.2) is 16.5 Å². The summed E-state index contributed by atoms with van der Waals surface area (Å²) < 4.78 is 17.1. The number of hydrogen-bond acceptors (Lipinski definition) is 3. The Bertz CT molecular complexity index is 560. The Morgan fingerprint density at radius 1 is 1.10 bits per heavy atom. The predicted octanol–water partition coefficient (Wildman–Crippen LogP) is 3.42. The zero-order valence-corrected chi connectivity index (χ0v) is 12.1. The van der Waals surface area contributed by atoms with Crippen LogP contribution in [0.3, 0.4) is 0 Å². The lowest BCUT2D eigenvalue weighted by Gasteiger charge is -2.12. The van der Waals surface area contributed by atoms with E-state index in [1.807, 2.05) is 42.5 Å². The van der Waals surface area contributed by atoms with Crippen molar-refractivity contribution in [2.75, 3.05) is 6.61 Å². The molecule has 0 radical (unpaired) electrons. The first kappa shape index (κ1) is 14.9. The number of aryl methyl sites for hydroxylation is 1. The van der Waals surface area contributed by atoms with Crippen LogP contribution in [0.15, 0.2) is 54.9 Å². The zero-order valence-electron chi connectivity index (χ0n) is 11.2. The van der Waals surface area contributed by atoms with E-state index in [1.165, 1.54) is 0 Å². The number of hydrogen-bond donors (Lipinski definition) is 1. The van der Waals surface area contributed by atoms with Crippen molar-refractivity contribution in [3.05, 3.63) is 66.0 Å². The molecule has 1 aromatic heterocycles. The zero-order chi connectivity index (χ0) is 14.3. The Balaban J connectivity index is 1.74. The maximum Gasteiger partial charge on any atom is 0.332 e. The lowest BCUT2D eigenvalue weighted by atomic mass is 10.2. The van der Waals surface area contributed by atoms with E-state index in [-0.39, 0.29) is 12.8 Å². The van der Waals surface area contributed by atoms with Crippen LogP contribution < -0.4 is 0 Å². The summed E-state index contributed by atoms with van der Waals surface area (Å²) in [7, 11) is -3.55. The van der Waals surface area contributed by atoms with Crippen LogP contribution in [0.5, 0.6) is 0 Å². The predicted molar refractivity (Wildman–Crippen MR) is 78.5 cm³/mol. The van der Waals surface area contributed by atoms with Crippen LogP contribution in [0.2, 0.25) is 0 Å². The van der Waals surface area contributed by atoms with E-state index in [4.69, 9.17) is 4.52 Å². The van der Waals surface area contributed by atoms with Crippen molar-refractivity contribution in [3.63, 3.8) is 0 Å². The van der Waals surface area contributed by atoms with Crippen LogP contribution >= 0.6 is 7.60 Å². The summed E-state index contributed by atoms with van der Waals surface area (Å²) in [4.78, 5) is 13.8. The highest BCUT2D eigenvalue weighted by Crippen LogP contribution is 2.45. The fourth-order valence-electron chi connectivity index (χ4n) is 1.89. The average Bonchev–Trinajstić information content (AvgIpc) is 2.45. The molecule has 1 atom stereocenters. The number of benzene rings is 1. The first-order valence-electron chi connectivity index (χ1n) is 6.55. The van der Waals surface area contributed by atoms with E-state index >= 15 is 0 Å². The fraction of sp³-hybridized carbons (Fsp3) is 0.267. The third-order valence-electron chi connectivity index (χ3n) is 2.85. The molecule has 1 N–H and O–H groups in total. The summed E-state index contributed by atoms with van der Waals surface area (Å²) in [6, 6.07) is 13.1. The second-order valence-corrected chi connectivity index (χ2v) is 6.43. The lowest BCUT2D eigenvalue weighted by molar-refractivity contribution is 0.255. The van der Waals surface area contributed by atoms with Crippen LogP contribution in [-0.2, 0) is 21.7 Å². The highest BCUT2D eigenvalue weighted by Gasteiger charge is 2.19. The molecule has 4 nitrogen and oxygen atoms in total. The summed E-state index contributed by atoms with van der Waals surface area (Å²) in [5, 5.41) is 0. The van der Waals surface area contributed by atoms with Crippen molar-refractivity contribution >= 4 is 7.60 Å². The van der Waals surface area contributed by atoms with E-state index in [0.29, 0.717) is 6.42 Å². The largest absolute Gasteiger partial charge is 0.332 e. The number of nitrogens with zero attached hydrogens (tertiary/aromatic N) is 1. The molecular weight excluding hydrogens is 273 g/mol. The van der Waals surface area contributed by atoms with Crippen molar-refractivity contribution in [2.45, 2.75) is 19.0 Å². The van der Waals surface area contributed by atoms with Crippen molar-refractivity contribution in [2.24, 2.45) is 0 Å². The monoisotopic (exact) mass is 291 g/mol. The molecule has 0 aliphatic rings. The van der Waals surface area contributed by atoms with E-state index in [0.717, 1.165) is 17.5 Å². The molecule has 0 amide bonds. The maximum absolute atomic E-state index is 11.9. The quantitative estimate of drug-likeness (QED) is 0.627. The molecule has 2 rings (SSSR count). The van der Waals surface area contributed by atoms with Gasteiger partial charge in [-0.25, -0.2) is 0 Å². The first-order chi connectivity index (χ1) is 9.66. The third-order valence-corrected chi connectivity index (χ3v) is 4.20. The van der Waals surface area contributed by atoms with Gasteiger partial charge in [0.2, 0.25) is 0 Å². The second-order valence-electron chi connectivity index (χ2n) is 4.58. The topological polar surface area (TPSA) is 59.4 Å². The van der Waals surface area contributed by atoms with Gasteiger partial charge < -0.3 is 9.42 Å². The Morgan fingerprint density at radius 3 is 2.55 bits per heavy atom. The summed E-state index contributed by atoms with van der Waals surface area (Å²) in [5.41, 5.74) is 1.91. The molecule has 5 heteroatoms. The van der Waals surface area contributed by atoms with Gasteiger partial charge in [0.25, 0.3) is 0 Å². The van der Waals surface area contributed by atoms with Crippen LogP contribution in [0.1, 0.15) is 17.5 Å². The number of pyridine rings is 1. The Labute approximate surface area is 119 Å². The van der Waals surface area contributed by atoms with Gasteiger partial charge >= 0.3 is 7.60 Å². The molecule has 106 valence electrons. The molecule has 2 aromatic rings. The minimum absolute atomic E-state index is 0.0563. The number of rotatable bonds is 7. The van der Waals surface area contributed by atoms with Gasteiger partial charge in [0, 0.05) is 12.4 Å². The van der Waals surface area contributed by atoms with Gasteiger partial charge in [-0.1, -0.05) is 36.4 Å². The molecule has 0 saturated heterocycles. The smallest absolute Gasteiger partial charge is 0.324 e. The van der Waals surface area contributed by atoms with Gasteiger partial charge in [0.1, 0.15) is 0 Å². The molecule has 0 aliphatic heterocycles. The van der Waals surface area contributed by atoms with Crippen LogP contribution in [0.4, 0.5) is 0 Å². The van der Waals surface area contributed by atoms with Gasteiger partial charge in [-0.2, -0.15) is 0 Å². The van der Waals surface area contributed by atoms with Crippen molar-refractivity contribution < 1.29 is 14.0 Å². The van der Waals surface area contributed by atoms with Crippen molar-refractivity contribution in [1.82, 2.24) is 4.98 Å². The second kappa shape index (κ2) is 7.34. The molecule has 20 heavy (non-hydrogen) atoms. The molecule has 0 fully saturated rings. The highest BCUT2D eigenvalue weighted by molar-refractivity contribution is 7.51. The van der Waals surface area contributed by atoms with E-state index in [1.54, 1.807) is 12.4 Å². The molecule has 0 aliphatic carbocycles. The SMILES string of the molecule is O=P(O)(Cc1ccccc1)OCCCc1cccnc1. The van der Waals surface area contributed by atoms with Gasteiger partial charge in [-0.15, -0.1) is 0 Å². The third kappa shape index (κ3) is 5.25. The first-order valence-corrected chi connectivity index (χ1v) is 8.31. The van der Waals surface area contributed by atoms with Crippen LogP contribution in [0.25, 0.3) is 0 Å². The Hall–Kier alpha value is -1.48. The van der Waals surface area contributed by atoms with Gasteiger partial charge in [0.05, 0.1) is 12.8 Å². The van der Waals surface area contributed by atoms with Gasteiger partial charge in [0.15, 0.2) is 0 Å².